The predicted octanol–water partition coefficient (Wildman–Crippen LogP) is 1.68. The monoisotopic (exact) mass is 140 g/mol. The average molecular weight is 140 g/mol. The third kappa shape index (κ3) is 1.17. The normalized spacial score (nSPS) is 12.0. The molecule has 0 saturated carbocycles. The summed E-state index contributed by atoms with van der Waals surface area (Å²) in [5, 5.41) is 7.33. The van der Waals surface area contributed by atoms with E-state index in [2.05, 4.69) is 31.1 Å². The highest BCUT2D eigenvalue weighted by Crippen LogP contribution is 2.21. The molecular formula is C7H12N2O. The van der Waals surface area contributed by atoms with Gasteiger partial charge in [-0.3, -0.25) is 0 Å². The zero-order chi connectivity index (χ0) is 7.78. The van der Waals surface area contributed by atoms with Crippen LogP contribution < -0.4 is 0 Å². The summed E-state index contributed by atoms with van der Waals surface area (Å²) >= 11 is 0. The summed E-state index contributed by atoms with van der Waals surface area (Å²) in [6.07, 6.45) is 0. The fourth-order valence-electron chi connectivity index (χ4n) is 0.914. The Bertz CT molecular complexity index is 222. The van der Waals surface area contributed by atoms with E-state index in [1.165, 1.54) is 0 Å². The van der Waals surface area contributed by atoms with Gasteiger partial charge in [-0.25, -0.2) is 0 Å². The van der Waals surface area contributed by atoms with Crippen LogP contribution in [0.15, 0.2) is 4.52 Å². The number of hydrogen-bond donors (Lipinski definition) is 0. The number of nitrogens with zero attached hydrogens (tertiary/aromatic N) is 2. The van der Waals surface area contributed by atoms with Crippen LogP contribution in [0.25, 0.3) is 0 Å². The van der Waals surface area contributed by atoms with Gasteiger partial charge in [-0.1, -0.05) is 20.8 Å². The maximum absolute atomic E-state index is 4.83. The van der Waals surface area contributed by atoms with Crippen molar-refractivity contribution in [2.45, 2.75) is 33.1 Å². The van der Waals surface area contributed by atoms with Crippen molar-refractivity contribution in [3.63, 3.8) is 0 Å². The minimum Gasteiger partial charge on any atom is -0.342 e. The fraction of sp³-hybridized carbons (Fsp3) is 0.714. The molecular weight excluding hydrogens is 128 g/mol. The van der Waals surface area contributed by atoms with Gasteiger partial charge in [0, 0.05) is 10.7 Å². The molecule has 0 fully saturated rings. The zero-order valence-corrected chi connectivity index (χ0v) is 6.80. The molecule has 56 valence electrons. The highest BCUT2D eigenvalue weighted by Gasteiger charge is 2.20. The first-order chi connectivity index (χ1) is 4.52. The molecule has 3 heteroatoms. The van der Waals surface area contributed by atoms with Crippen LogP contribution in [0.5, 0.6) is 0 Å². The molecule has 1 aromatic rings. The van der Waals surface area contributed by atoms with Gasteiger partial charge in [0.1, 0.15) is 5.69 Å². The first kappa shape index (κ1) is 7.25. The average Bonchev–Trinajstić information content (AvgIpc) is 2.11. The molecule has 0 saturated heterocycles. The molecule has 10 heavy (non-hydrogen) atoms. The van der Waals surface area contributed by atoms with Gasteiger partial charge < -0.3 is 4.52 Å². The standard InChI is InChI=1S/C7H12N2O/c1-5-6(7(2,3)4)8-9-10-5/h1-4H3. The number of aryl methyl sites for hydroxylation is 1. The number of aromatic nitrogens is 2. The molecule has 1 aromatic heterocycles. The molecule has 3 nitrogen and oxygen atoms in total. The van der Waals surface area contributed by atoms with E-state index < -0.39 is 0 Å². The van der Waals surface area contributed by atoms with Crippen LogP contribution in [0.1, 0.15) is 32.2 Å². The number of rotatable bonds is 0. The zero-order valence-electron chi connectivity index (χ0n) is 6.80. The minimum absolute atomic E-state index is 0.0457. The first-order valence-corrected chi connectivity index (χ1v) is 3.31. The predicted molar refractivity (Wildman–Crippen MR) is 37.7 cm³/mol. The lowest BCUT2D eigenvalue weighted by Crippen LogP contribution is -2.12. The van der Waals surface area contributed by atoms with E-state index in [9.17, 15) is 0 Å². The van der Waals surface area contributed by atoms with Crippen molar-refractivity contribution in [3.05, 3.63) is 11.5 Å². The Morgan fingerprint density at radius 3 is 2.10 bits per heavy atom. The molecule has 0 aliphatic rings. The third-order valence-electron chi connectivity index (χ3n) is 1.36. The van der Waals surface area contributed by atoms with Crippen LogP contribution >= 0.6 is 0 Å². The third-order valence-corrected chi connectivity index (χ3v) is 1.36. The second-order valence-electron chi connectivity index (χ2n) is 3.43. The molecule has 0 amide bonds. The second kappa shape index (κ2) is 2.08. The van der Waals surface area contributed by atoms with Gasteiger partial charge >= 0.3 is 0 Å². The van der Waals surface area contributed by atoms with Crippen molar-refractivity contribution in [3.8, 4) is 0 Å². The molecule has 0 spiro atoms. The van der Waals surface area contributed by atoms with E-state index in [4.69, 9.17) is 4.52 Å². The van der Waals surface area contributed by atoms with E-state index in [0.717, 1.165) is 11.5 Å². The highest BCUT2D eigenvalue weighted by molar-refractivity contribution is 5.13. The molecule has 0 unspecified atom stereocenters. The summed E-state index contributed by atoms with van der Waals surface area (Å²) in [6, 6.07) is 0. The lowest BCUT2D eigenvalue weighted by atomic mass is 9.91. The van der Waals surface area contributed by atoms with Crippen LogP contribution in [0.4, 0.5) is 0 Å². The summed E-state index contributed by atoms with van der Waals surface area (Å²) in [5.74, 6) is 0.812. The molecule has 0 bridgehead atoms. The maximum Gasteiger partial charge on any atom is 0.157 e. The lowest BCUT2D eigenvalue weighted by Gasteiger charge is -2.13. The Balaban J connectivity index is 3.05. The summed E-state index contributed by atoms with van der Waals surface area (Å²) in [6.45, 7) is 8.12. The molecule has 0 aliphatic heterocycles. The topological polar surface area (TPSA) is 38.9 Å². The van der Waals surface area contributed by atoms with E-state index in [0.29, 0.717) is 0 Å². The van der Waals surface area contributed by atoms with Crippen molar-refractivity contribution in [2.24, 2.45) is 0 Å². The van der Waals surface area contributed by atoms with Gasteiger partial charge in [0.2, 0.25) is 0 Å². The van der Waals surface area contributed by atoms with Gasteiger partial charge in [-0.05, 0) is 6.92 Å². The van der Waals surface area contributed by atoms with Gasteiger partial charge in [0.25, 0.3) is 0 Å². The van der Waals surface area contributed by atoms with Crippen LogP contribution in [-0.2, 0) is 5.41 Å². The first-order valence-electron chi connectivity index (χ1n) is 3.31. The lowest BCUT2D eigenvalue weighted by molar-refractivity contribution is 0.373. The highest BCUT2D eigenvalue weighted by atomic mass is 16.5. The Hall–Kier alpha value is -0.860. The Labute approximate surface area is 60.4 Å². The molecule has 0 N–H and O–H groups in total. The van der Waals surface area contributed by atoms with Gasteiger partial charge in [0.15, 0.2) is 5.76 Å². The molecule has 0 atom stereocenters. The van der Waals surface area contributed by atoms with Crippen molar-refractivity contribution in [1.82, 2.24) is 10.4 Å². The van der Waals surface area contributed by atoms with E-state index in [1.54, 1.807) is 0 Å². The summed E-state index contributed by atoms with van der Waals surface area (Å²) < 4.78 is 4.83. The largest absolute Gasteiger partial charge is 0.342 e. The minimum atomic E-state index is 0.0457. The Morgan fingerprint density at radius 1 is 1.30 bits per heavy atom. The summed E-state index contributed by atoms with van der Waals surface area (Å²) in [5.41, 5.74) is 0.983. The van der Waals surface area contributed by atoms with Crippen molar-refractivity contribution < 1.29 is 4.52 Å². The van der Waals surface area contributed by atoms with Crippen LogP contribution in [-0.4, -0.2) is 10.4 Å². The molecule has 1 heterocycles. The SMILES string of the molecule is Cc1onnc1C(C)(C)C. The quantitative estimate of drug-likeness (QED) is 0.550. The fourth-order valence-corrected chi connectivity index (χ4v) is 0.914. The summed E-state index contributed by atoms with van der Waals surface area (Å²) in [7, 11) is 0. The van der Waals surface area contributed by atoms with Crippen LogP contribution in [0, 0.1) is 6.92 Å². The molecule has 0 radical (unpaired) electrons. The van der Waals surface area contributed by atoms with Crippen molar-refractivity contribution >= 4 is 0 Å². The number of hydrogen-bond acceptors (Lipinski definition) is 3. The van der Waals surface area contributed by atoms with Crippen LogP contribution in [0.3, 0.4) is 0 Å². The maximum atomic E-state index is 4.83. The smallest absolute Gasteiger partial charge is 0.157 e. The van der Waals surface area contributed by atoms with E-state index in [1.807, 2.05) is 6.92 Å². The second-order valence-corrected chi connectivity index (χ2v) is 3.43. The van der Waals surface area contributed by atoms with Gasteiger partial charge in [-0.2, -0.15) is 0 Å². The van der Waals surface area contributed by atoms with E-state index >= 15 is 0 Å². The molecule has 0 aliphatic carbocycles. The van der Waals surface area contributed by atoms with Gasteiger partial charge in [0.05, 0.1) is 0 Å². The Kier molecular flexibility index (Phi) is 1.50. The van der Waals surface area contributed by atoms with Gasteiger partial charge in [-0.15, -0.1) is 5.10 Å². The summed E-state index contributed by atoms with van der Waals surface area (Å²) in [4.78, 5) is 0. The molecule has 1 rings (SSSR count). The van der Waals surface area contributed by atoms with E-state index in [-0.39, 0.29) is 5.41 Å². The Morgan fingerprint density at radius 2 is 1.90 bits per heavy atom. The van der Waals surface area contributed by atoms with Crippen molar-refractivity contribution in [2.75, 3.05) is 0 Å². The van der Waals surface area contributed by atoms with Crippen molar-refractivity contribution in [1.29, 1.82) is 0 Å². The molecule has 0 aromatic carbocycles. The van der Waals surface area contributed by atoms with Crippen LogP contribution in [0.2, 0.25) is 0 Å².